The van der Waals surface area contributed by atoms with Crippen LogP contribution in [-0.2, 0) is 22.6 Å². The lowest BCUT2D eigenvalue weighted by Gasteiger charge is -2.29. The maximum absolute atomic E-state index is 12.9. The Hall–Kier alpha value is -3.29. The van der Waals surface area contributed by atoms with Crippen molar-refractivity contribution in [2.75, 3.05) is 13.1 Å². The third-order valence-corrected chi connectivity index (χ3v) is 7.16. The maximum Gasteiger partial charge on any atom is 0.294 e. The molecule has 2 aromatic carbocycles. The summed E-state index contributed by atoms with van der Waals surface area (Å²) in [6, 6.07) is 17.1. The molecule has 3 heterocycles. The molecule has 172 valence electrons. The summed E-state index contributed by atoms with van der Waals surface area (Å²) in [6.07, 6.45) is 2.30. The fourth-order valence-corrected chi connectivity index (χ4v) is 5.13. The van der Waals surface area contributed by atoms with Gasteiger partial charge in [0, 0.05) is 29.8 Å². The fraction of sp³-hybridized carbons (Fsp3) is 0.192. The van der Waals surface area contributed by atoms with Crippen molar-refractivity contribution in [3.8, 4) is 11.3 Å². The quantitative estimate of drug-likeness (QED) is 0.448. The van der Waals surface area contributed by atoms with E-state index in [1.807, 2.05) is 43.3 Å². The smallest absolute Gasteiger partial charge is 0.294 e. The molecule has 1 aromatic heterocycles. The van der Waals surface area contributed by atoms with Gasteiger partial charge in [-0.2, -0.15) is 0 Å². The van der Waals surface area contributed by atoms with Crippen LogP contribution in [0.4, 0.5) is 4.79 Å². The predicted molar refractivity (Wildman–Crippen MR) is 132 cm³/mol. The van der Waals surface area contributed by atoms with Crippen LogP contribution >= 0.6 is 23.4 Å². The summed E-state index contributed by atoms with van der Waals surface area (Å²) in [4.78, 5) is 41.2. The zero-order valence-electron chi connectivity index (χ0n) is 18.4. The second-order valence-corrected chi connectivity index (χ2v) is 9.69. The van der Waals surface area contributed by atoms with E-state index in [0.29, 0.717) is 29.6 Å². The summed E-state index contributed by atoms with van der Waals surface area (Å²) < 4.78 is 5.89. The van der Waals surface area contributed by atoms with Gasteiger partial charge in [0.1, 0.15) is 18.1 Å². The Bertz CT molecular complexity index is 1350. The number of amides is 3. The molecular formula is C26H21ClN2O4S. The highest BCUT2D eigenvalue weighted by atomic mass is 35.5. The van der Waals surface area contributed by atoms with Gasteiger partial charge in [-0.3, -0.25) is 19.3 Å². The average Bonchev–Trinajstić information content (AvgIpc) is 3.40. The van der Waals surface area contributed by atoms with Gasteiger partial charge in [0.25, 0.3) is 11.1 Å². The number of carbonyl (C=O) groups is 3. The van der Waals surface area contributed by atoms with E-state index in [2.05, 4.69) is 6.07 Å². The largest absolute Gasteiger partial charge is 0.457 e. The Labute approximate surface area is 206 Å². The van der Waals surface area contributed by atoms with Gasteiger partial charge < -0.3 is 9.32 Å². The Morgan fingerprint density at radius 2 is 1.91 bits per heavy atom. The first-order chi connectivity index (χ1) is 16.4. The number of thioether (sulfide) groups is 1. The number of benzene rings is 2. The molecule has 0 unspecified atom stereocenters. The lowest BCUT2D eigenvalue weighted by atomic mass is 10.00. The number of carbonyl (C=O) groups excluding carboxylic acids is 3. The van der Waals surface area contributed by atoms with Gasteiger partial charge in [0.15, 0.2) is 0 Å². The van der Waals surface area contributed by atoms with Gasteiger partial charge >= 0.3 is 0 Å². The van der Waals surface area contributed by atoms with Gasteiger partial charge in [-0.1, -0.05) is 41.9 Å². The van der Waals surface area contributed by atoms with E-state index in [9.17, 15) is 14.4 Å². The molecule has 0 atom stereocenters. The van der Waals surface area contributed by atoms with Crippen molar-refractivity contribution in [2.45, 2.75) is 19.9 Å². The summed E-state index contributed by atoms with van der Waals surface area (Å²) >= 11 is 6.92. The lowest BCUT2D eigenvalue weighted by molar-refractivity contribution is -0.136. The Morgan fingerprint density at radius 3 is 2.74 bits per heavy atom. The van der Waals surface area contributed by atoms with Crippen LogP contribution in [0.5, 0.6) is 0 Å². The third-order valence-electron chi connectivity index (χ3n) is 6.02. The molecule has 0 radical (unpaired) electrons. The van der Waals surface area contributed by atoms with Gasteiger partial charge in [-0.25, -0.2) is 0 Å². The molecule has 8 heteroatoms. The minimum atomic E-state index is -0.488. The minimum absolute atomic E-state index is 0.227. The maximum atomic E-state index is 12.9. The van der Waals surface area contributed by atoms with E-state index >= 15 is 0 Å². The Balaban J connectivity index is 1.29. The van der Waals surface area contributed by atoms with Crippen molar-refractivity contribution in [3.63, 3.8) is 0 Å². The molecule has 34 heavy (non-hydrogen) atoms. The number of fused-ring (bicyclic) bond motifs is 1. The number of hydrogen-bond donors (Lipinski definition) is 0. The van der Waals surface area contributed by atoms with E-state index in [1.165, 1.54) is 11.6 Å². The second kappa shape index (κ2) is 9.16. The molecule has 2 aliphatic rings. The van der Waals surface area contributed by atoms with Crippen LogP contribution in [-0.4, -0.2) is 39.9 Å². The first kappa shape index (κ1) is 22.5. The number of halogens is 1. The summed E-state index contributed by atoms with van der Waals surface area (Å²) in [5.74, 6) is 0.331. The SMILES string of the molecule is Cc1ccc(Cl)cc1-c1ccc(/C=C2\SC(=O)N(CC(=O)N3CCc4ccccc4C3)C2=O)o1. The second-order valence-electron chi connectivity index (χ2n) is 8.26. The van der Waals surface area contributed by atoms with Crippen molar-refractivity contribution in [2.24, 2.45) is 0 Å². The van der Waals surface area contributed by atoms with Crippen LogP contribution in [0.1, 0.15) is 22.5 Å². The number of rotatable bonds is 4. The summed E-state index contributed by atoms with van der Waals surface area (Å²) in [5.41, 5.74) is 4.18. The van der Waals surface area contributed by atoms with Crippen molar-refractivity contribution in [1.82, 2.24) is 9.80 Å². The molecular weight excluding hydrogens is 472 g/mol. The highest BCUT2D eigenvalue weighted by Gasteiger charge is 2.37. The minimum Gasteiger partial charge on any atom is -0.457 e. The van der Waals surface area contributed by atoms with E-state index in [-0.39, 0.29) is 17.4 Å². The topological polar surface area (TPSA) is 70.8 Å². The summed E-state index contributed by atoms with van der Waals surface area (Å²) in [6.45, 7) is 2.74. The first-order valence-corrected chi connectivity index (χ1v) is 12.0. The molecule has 2 aliphatic heterocycles. The number of hydrogen-bond acceptors (Lipinski definition) is 5. The van der Waals surface area contributed by atoms with E-state index in [0.717, 1.165) is 39.8 Å². The van der Waals surface area contributed by atoms with Gasteiger partial charge in [0.2, 0.25) is 5.91 Å². The number of aryl methyl sites for hydroxylation is 1. The molecule has 3 aromatic rings. The molecule has 0 aliphatic carbocycles. The monoisotopic (exact) mass is 492 g/mol. The standard InChI is InChI=1S/C26H21ClN2O4S/c1-16-6-7-19(27)12-21(16)22-9-8-20(33-22)13-23-25(31)29(26(32)34-23)15-24(30)28-11-10-17-4-2-3-5-18(17)14-28/h2-9,12-13H,10-11,14-15H2,1H3/b23-13-. The third kappa shape index (κ3) is 4.41. The molecule has 0 N–H and O–H groups in total. The van der Waals surface area contributed by atoms with E-state index < -0.39 is 11.1 Å². The Morgan fingerprint density at radius 1 is 1.12 bits per heavy atom. The molecule has 1 fully saturated rings. The van der Waals surface area contributed by atoms with Crippen molar-refractivity contribution < 1.29 is 18.8 Å². The van der Waals surface area contributed by atoms with Crippen LogP contribution in [0.25, 0.3) is 17.4 Å². The zero-order chi connectivity index (χ0) is 23.8. The number of imide groups is 1. The van der Waals surface area contributed by atoms with Gasteiger partial charge in [0.05, 0.1) is 4.91 Å². The number of nitrogens with zero attached hydrogens (tertiary/aromatic N) is 2. The molecule has 6 nitrogen and oxygen atoms in total. The highest BCUT2D eigenvalue weighted by Crippen LogP contribution is 2.34. The van der Waals surface area contributed by atoms with Crippen LogP contribution in [0.3, 0.4) is 0 Å². The van der Waals surface area contributed by atoms with Crippen LogP contribution in [0.15, 0.2) is 63.9 Å². The van der Waals surface area contributed by atoms with E-state index in [4.69, 9.17) is 16.0 Å². The number of furan rings is 1. The highest BCUT2D eigenvalue weighted by molar-refractivity contribution is 8.18. The van der Waals surface area contributed by atoms with Crippen molar-refractivity contribution >= 4 is 46.5 Å². The molecule has 1 saturated heterocycles. The van der Waals surface area contributed by atoms with Crippen LogP contribution in [0, 0.1) is 6.92 Å². The Kier molecular flexibility index (Phi) is 6.06. The molecule has 0 saturated carbocycles. The molecule has 5 rings (SSSR count). The van der Waals surface area contributed by atoms with Gasteiger partial charge in [-0.15, -0.1) is 0 Å². The fourth-order valence-electron chi connectivity index (χ4n) is 4.14. The van der Waals surface area contributed by atoms with Crippen LogP contribution < -0.4 is 0 Å². The summed E-state index contributed by atoms with van der Waals surface area (Å²) in [7, 11) is 0. The molecule has 0 bridgehead atoms. The van der Waals surface area contributed by atoms with Crippen molar-refractivity contribution in [3.05, 3.63) is 87.0 Å². The molecule has 3 amide bonds. The summed E-state index contributed by atoms with van der Waals surface area (Å²) in [5, 5.41) is 0.140. The zero-order valence-corrected chi connectivity index (χ0v) is 20.0. The van der Waals surface area contributed by atoms with Gasteiger partial charge in [-0.05, 0) is 66.1 Å². The average molecular weight is 493 g/mol. The van der Waals surface area contributed by atoms with Crippen LogP contribution in [0.2, 0.25) is 5.02 Å². The van der Waals surface area contributed by atoms with E-state index in [1.54, 1.807) is 17.0 Å². The first-order valence-electron chi connectivity index (χ1n) is 10.9. The normalized spacial score (nSPS) is 16.9. The van der Waals surface area contributed by atoms with Crippen molar-refractivity contribution in [1.29, 1.82) is 0 Å². The molecule has 0 spiro atoms. The lowest BCUT2D eigenvalue weighted by Crippen LogP contribution is -2.44. The predicted octanol–water partition coefficient (Wildman–Crippen LogP) is 5.53.